The van der Waals surface area contributed by atoms with Gasteiger partial charge in [0.2, 0.25) is 0 Å². The number of hydrogen-bond donors (Lipinski definition) is 1. The van der Waals surface area contributed by atoms with Crippen molar-refractivity contribution in [1.82, 2.24) is 14.9 Å². The molecule has 0 fully saturated rings. The SMILES string of the molecule is CCCNCc1cc(Cl)ccc1OCc1cncn1CC. The fourth-order valence-corrected chi connectivity index (χ4v) is 2.33. The molecule has 0 bridgehead atoms. The van der Waals surface area contributed by atoms with Crippen LogP contribution in [0, 0.1) is 0 Å². The van der Waals surface area contributed by atoms with Crippen LogP contribution in [0.4, 0.5) is 0 Å². The van der Waals surface area contributed by atoms with E-state index in [1.165, 1.54) is 0 Å². The fourth-order valence-electron chi connectivity index (χ4n) is 2.13. The van der Waals surface area contributed by atoms with E-state index in [1.54, 1.807) is 0 Å². The molecule has 1 aromatic carbocycles. The second-order valence-electron chi connectivity index (χ2n) is 4.89. The van der Waals surface area contributed by atoms with E-state index in [1.807, 2.05) is 30.7 Å². The molecule has 1 heterocycles. The predicted octanol–water partition coefficient (Wildman–Crippen LogP) is 3.64. The molecule has 2 aromatic rings. The van der Waals surface area contributed by atoms with Crippen LogP contribution in [0.25, 0.3) is 0 Å². The summed E-state index contributed by atoms with van der Waals surface area (Å²) in [6.07, 6.45) is 4.77. The van der Waals surface area contributed by atoms with E-state index in [2.05, 4.69) is 28.7 Å². The molecular weight excluding hydrogens is 286 g/mol. The van der Waals surface area contributed by atoms with Crippen LogP contribution >= 0.6 is 11.6 Å². The summed E-state index contributed by atoms with van der Waals surface area (Å²) in [7, 11) is 0. The molecule has 2 rings (SSSR count). The Morgan fingerprint density at radius 3 is 2.95 bits per heavy atom. The normalized spacial score (nSPS) is 10.8. The van der Waals surface area contributed by atoms with Gasteiger partial charge >= 0.3 is 0 Å². The van der Waals surface area contributed by atoms with E-state index < -0.39 is 0 Å². The number of nitrogens with zero attached hydrogens (tertiary/aromatic N) is 2. The second kappa shape index (κ2) is 8.05. The van der Waals surface area contributed by atoms with Crippen LogP contribution < -0.4 is 10.1 Å². The highest BCUT2D eigenvalue weighted by atomic mass is 35.5. The van der Waals surface area contributed by atoms with Crippen molar-refractivity contribution in [2.75, 3.05) is 6.54 Å². The summed E-state index contributed by atoms with van der Waals surface area (Å²) in [5.41, 5.74) is 2.15. The summed E-state index contributed by atoms with van der Waals surface area (Å²) >= 11 is 6.08. The lowest BCUT2D eigenvalue weighted by Crippen LogP contribution is -2.15. The van der Waals surface area contributed by atoms with Crippen molar-refractivity contribution < 1.29 is 4.74 Å². The summed E-state index contributed by atoms with van der Waals surface area (Å²) < 4.78 is 8.02. The Balaban J connectivity index is 2.04. The smallest absolute Gasteiger partial charge is 0.130 e. The first-order valence-electron chi connectivity index (χ1n) is 7.35. The lowest BCUT2D eigenvalue weighted by Gasteiger charge is -2.13. The van der Waals surface area contributed by atoms with E-state index in [-0.39, 0.29) is 0 Å². The van der Waals surface area contributed by atoms with Gasteiger partial charge in [-0.05, 0) is 38.1 Å². The largest absolute Gasteiger partial charge is 0.487 e. The second-order valence-corrected chi connectivity index (χ2v) is 5.32. The molecule has 0 unspecified atom stereocenters. The van der Waals surface area contributed by atoms with Crippen LogP contribution in [-0.2, 0) is 19.7 Å². The zero-order valence-corrected chi connectivity index (χ0v) is 13.4. The van der Waals surface area contributed by atoms with Crippen molar-refractivity contribution in [3.63, 3.8) is 0 Å². The van der Waals surface area contributed by atoms with Gasteiger partial charge in [-0.15, -0.1) is 0 Å². The number of ether oxygens (including phenoxy) is 1. The summed E-state index contributed by atoms with van der Waals surface area (Å²) in [5.74, 6) is 0.867. The average molecular weight is 308 g/mol. The molecule has 0 aliphatic carbocycles. The lowest BCUT2D eigenvalue weighted by atomic mass is 10.2. The van der Waals surface area contributed by atoms with Gasteiger partial charge in [0.1, 0.15) is 12.4 Å². The molecule has 0 saturated heterocycles. The lowest BCUT2D eigenvalue weighted by molar-refractivity contribution is 0.291. The van der Waals surface area contributed by atoms with Crippen LogP contribution in [0.1, 0.15) is 31.5 Å². The van der Waals surface area contributed by atoms with Gasteiger partial charge in [0.05, 0.1) is 18.2 Å². The summed E-state index contributed by atoms with van der Waals surface area (Å²) in [4.78, 5) is 4.15. The monoisotopic (exact) mass is 307 g/mol. The summed E-state index contributed by atoms with van der Waals surface area (Å²) in [6.45, 7) is 7.38. The minimum Gasteiger partial charge on any atom is -0.487 e. The zero-order chi connectivity index (χ0) is 15.1. The third-order valence-corrected chi connectivity index (χ3v) is 3.51. The molecule has 0 atom stereocenters. The maximum absolute atomic E-state index is 6.08. The third kappa shape index (κ3) is 4.48. The van der Waals surface area contributed by atoms with Gasteiger partial charge in [-0.25, -0.2) is 4.98 Å². The number of rotatable bonds is 8. The Labute approximate surface area is 131 Å². The number of nitrogens with one attached hydrogen (secondary N) is 1. The van der Waals surface area contributed by atoms with E-state index in [0.717, 1.165) is 48.1 Å². The number of benzene rings is 1. The molecule has 0 aliphatic heterocycles. The highest BCUT2D eigenvalue weighted by molar-refractivity contribution is 6.30. The number of aromatic nitrogens is 2. The number of halogens is 1. The minimum absolute atomic E-state index is 0.510. The topological polar surface area (TPSA) is 39.1 Å². The molecule has 0 amide bonds. The van der Waals surface area contributed by atoms with Crippen molar-refractivity contribution >= 4 is 11.6 Å². The highest BCUT2D eigenvalue weighted by Gasteiger charge is 2.07. The first-order chi connectivity index (χ1) is 10.2. The van der Waals surface area contributed by atoms with Crippen molar-refractivity contribution in [1.29, 1.82) is 0 Å². The Kier molecular flexibility index (Phi) is 6.08. The summed E-state index contributed by atoms with van der Waals surface area (Å²) in [6, 6.07) is 5.74. The third-order valence-electron chi connectivity index (χ3n) is 3.28. The maximum Gasteiger partial charge on any atom is 0.130 e. The van der Waals surface area contributed by atoms with Gasteiger partial charge in [0, 0.05) is 23.7 Å². The minimum atomic E-state index is 0.510. The van der Waals surface area contributed by atoms with Crippen LogP contribution in [0.5, 0.6) is 5.75 Å². The number of aryl methyl sites for hydroxylation is 1. The molecule has 21 heavy (non-hydrogen) atoms. The quantitative estimate of drug-likeness (QED) is 0.757. The van der Waals surface area contributed by atoms with E-state index in [0.29, 0.717) is 6.61 Å². The molecule has 5 heteroatoms. The molecule has 1 aromatic heterocycles. The van der Waals surface area contributed by atoms with Gasteiger partial charge in [0.15, 0.2) is 0 Å². The summed E-state index contributed by atoms with van der Waals surface area (Å²) in [5, 5.41) is 4.11. The molecular formula is C16H22ClN3O. The van der Waals surface area contributed by atoms with Crippen molar-refractivity contribution in [2.24, 2.45) is 0 Å². The zero-order valence-electron chi connectivity index (χ0n) is 12.6. The maximum atomic E-state index is 6.08. The van der Waals surface area contributed by atoms with Gasteiger partial charge in [0.25, 0.3) is 0 Å². The van der Waals surface area contributed by atoms with Crippen molar-refractivity contribution in [3.05, 3.63) is 47.0 Å². The van der Waals surface area contributed by atoms with Gasteiger partial charge in [-0.1, -0.05) is 18.5 Å². The van der Waals surface area contributed by atoms with Crippen LogP contribution in [0.15, 0.2) is 30.7 Å². The van der Waals surface area contributed by atoms with Gasteiger partial charge in [-0.3, -0.25) is 0 Å². The molecule has 4 nitrogen and oxygen atoms in total. The molecule has 0 saturated carbocycles. The number of imidazole rings is 1. The van der Waals surface area contributed by atoms with Crippen molar-refractivity contribution in [2.45, 2.75) is 40.0 Å². The van der Waals surface area contributed by atoms with Gasteiger partial charge < -0.3 is 14.6 Å². The van der Waals surface area contributed by atoms with E-state index in [4.69, 9.17) is 16.3 Å². The molecule has 0 radical (unpaired) electrons. The molecule has 114 valence electrons. The van der Waals surface area contributed by atoms with Gasteiger partial charge in [-0.2, -0.15) is 0 Å². The first kappa shape index (κ1) is 15.9. The van der Waals surface area contributed by atoms with Crippen LogP contribution in [-0.4, -0.2) is 16.1 Å². The first-order valence-corrected chi connectivity index (χ1v) is 7.73. The molecule has 1 N–H and O–H groups in total. The van der Waals surface area contributed by atoms with Crippen molar-refractivity contribution in [3.8, 4) is 5.75 Å². The highest BCUT2D eigenvalue weighted by Crippen LogP contribution is 2.23. The average Bonchev–Trinajstić information content (AvgIpc) is 2.94. The number of hydrogen-bond acceptors (Lipinski definition) is 3. The van der Waals surface area contributed by atoms with Crippen LogP contribution in [0.2, 0.25) is 5.02 Å². The Hall–Kier alpha value is -1.52. The Bertz CT molecular complexity index is 568. The standard InChI is InChI=1S/C16H22ClN3O/c1-3-7-18-9-13-8-14(17)5-6-16(13)21-11-15-10-19-12-20(15)4-2/h5-6,8,10,12,18H,3-4,7,9,11H2,1-2H3. The fraction of sp³-hybridized carbons (Fsp3) is 0.438. The van der Waals surface area contributed by atoms with Crippen LogP contribution in [0.3, 0.4) is 0 Å². The predicted molar refractivity (Wildman–Crippen MR) is 85.7 cm³/mol. The molecule has 0 aliphatic rings. The Morgan fingerprint density at radius 1 is 1.33 bits per heavy atom. The Morgan fingerprint density at radius 2 is 2.19 bits per heavy atom. The van der Waals surface area contributed by atoms with E-state index in [9.17, 15) is 0 Å². The molecule has 0 spiro atoms. The van der Waals surface area contributed by atoms with E-state index >= 15 is 0 Å².